The van der Waals surface area contributed by atoms with Crippen LogP contribution in [0.25, 0.3) is 0 Å². The van der Waals surface area contributed by atoms with E-state index < -0.39 is 0 Å². The summed E-state index contributed by atoms with van der Waals surface area (Å²) in [5.41, 5.74) is 1.77. The summed E-state index contributed by atoms with van der Waals surface area (Å²) in [5, 5.41) is 3.14. The summed E-state index contributed by atoms with van der Waals surface area (Å²) in [6, 6.07) is 6.11. The van der Waals surface area contributed by atoms with Gasteiger partial charge in [-0.3, -0.25) is 14.5 Å². The van der Waals surface area contributed by atoms with Crippen LogP contribution in [0.3, 0.4) is 0 Å². The maximum Gasteiger partial charge on any atom is 0.265 e. The minimum absolute atomic E-state index is 0.0189. The van der Waals surface area contributed by atoms with Crippen LogP contribution >= 0.6 is 0 Å². The highest BCUT2D eigenvalue weighted by Crippen LogP contribution is 2.36. The van der Waals surface area contributed by atoms with Gasteiger partial charge in [0.15, 0.2) is 6.61 Å². The van der Waals surface area contributed by atoms with Crippen LogP contribution in [0.15, 0.2) is 18.2 Å². The summed E-state index contributed by atoms with van der Waals surface area (Å²) in [6.45, 7) is 8.60. The van der Waals surface area contributed by atoms with Gasteiger partial charge >= 0.3 is 0 Å². The quantitative estimate of drug-likeness (QED) is 0.901. The van der Waals surface area contributed by atoms with Crippen LogP contribution in [0.2, 0.25) is 0 Å². The largest absolute Gasteiger partial charge is 0.482 e. The summed E-state index contributed by atoms with van der Waals surface area (Å²) in [5.74, 6) is 0.894. The van der Waals surface area contributed by atoms with Gasteiger partial charge in [0.05, 0.1) is 5.69 Å². The zero-order chi connectivity index (χ0) is 18.9. The molecule has 5 heteroatoms. The lowest BCUT2D eigenvalue weighted by Crippen LogP contribution is -2.49. The van der Waals surface area contributed by atoms with E-state index >= 15 is 0 Å². The Morgan fingerprint density at radius 3 is 2.69 bits per heavy atom. The van der Waals surface area contributed by atoms with E-state index in [0.29, 0.717) is 17.4 Å². The molecule has 0 radical (unpaired) electrons. The second-order valence-corrected chi connectivity index (χ2v) is 8.64. The highest BCUT2D eigenvalue weighted by molar-refractivity contribution is 6.02. The maximum absolute atomic E-state index is 12.6. The number of fused-ring (bicyclic) bond motifs is 1. The number of hydrogen-bond acceptors (Lipinski definition) is 3. The van der Waals surface area contributed by atoms with E-state index in [-0.39, 0.29) is 36.4 Å². The summed E-state index contributed by atoms with van der Waals surface area (Å²) in [4.78, 5) is 26.6. The van der Waals surface area contributed by atoms with Crippen molar-refractivity contribution < 1.29 is 14.3 Å². The fraction of sp³-hybridized carbons (Fsp3) is 0.619. The molecule has 1 fully saturated rings. The number of amides is 2. The summed E-state index contributed by atoms with van der Waals surface area (Å²) in [6.07, 6.45) is 4.57. The molecule has 1 aliphatic carbocycles. The van der Waals surface area contributed by atoms with E-state index in [2.05, 4.69) is 33.0 Å². The third-order valence-corrected chi connectivity index (χ3v) is 5.53. The van der Waals surface area contributed by atoms with E-state index in [1.807, 2.05) is 18.2 Å². The lowest BCUT2D eigenvalue weighted by Gasteiger charge is -2.33. The molecule has 26 heavy (non-hydrogen) atoms. The number of nitrogens with one attached hydrogen (secondary N) is 1. The van der Waals surface area contributed by atoms with Gasteiger partial charge in [0.1, 0.15) is 12.3 Å². The summed E-state index contributed by atoms with van der Waals surface area (Å²) in [7, 11) is 0. The first kappa shape index (κ1) is 18.7. The number of rotatable bonds is 3. The lowest BCUT2D eigenvalue weighted by molar-refractivity contribution is -0.126. The number of anilines is 1. The predicted octanol–water partition coefficient (Wildman–Crippen LogP) is 3.40. The molecule has 2 aliphatic rings. The minimum Gasteiger partial charge on any atom is -0.482 e. The molecule has 1 heterocycles. The third kappa shape index (κ3) is 4.02. The van der Waals surface area contributed by atoms with Crippen molar-refractivity contribution in [2.45, 2.75) is 64.8 Å². The molecule has 5 nitrogen and oxygen atoms in total. The van der Waals surface area contributed by atoms with E-state index in [9.17, 15) is 9.59 Å². The topological polar surface area (TPSA) is 58.6 Å². The van der Waals surface area contributed by atoms with Crippen molar-refractivity contribution in [1.82, 2.24) is 5.32 Å². The summed E-state index contributed by atoms with van der Waals surface area (Å²) < 4.78 is 5.56. The average molecular weight is 358 g/mol. The predicted molar refractivity (Wildman–Crippen MR) is 103 cm³/mol. The Labute approximate surface area is 156 Å². The van der Waals surface area contributed by atoms with Crippen LogP contribution in [-0.2, 0) is 15.0 Å². The molecule has 0 saturated heterocycles. The Morgan fingerprint density at radius 2 is 2.00 bits per heavy atom. The number of benzene rings is 1. The second-order valence-electron chi connectivity index (χ2n) is 8.64. The van der Waals surface area contributed by atoms with Crippen LogP contribution in [0.4, 0.5) is 5.69 Å². The maximum atomic E-state index is 12.6. The molecular formula is C21H30N2O3. The number of nitrogens with zero attached hydrogens (tertiary/aromatic N) is 1. The fourth-order valence-electron chi connectivity index (χ4n) is 3.77. The molecule has 3 rings (SSSR count). The zero-order valence-electron chi connectivity index (χ0n) is 16.3. The van der Waals surface area contributed by atoms with Gasteiger partial charge < -0.3 is 10.1 Å². The average Bonchev–Trinajstić information content (AvgIpc) is 2.58. The van der Waals surface area contributed by atoms with Crippen molar-refractivity contribution in [3.05, 3.63) is 23.8 Å². The van der Waals surface area contributed by atoms with Crippen LogP contribution < -0.4 is 15.0 Å². The van der Waals surface area contributed by atoms with Crippen molar-refractivity contribution in [1.29, 1.82) is 0 Å². The lowest BCUT2D eigenvalue weighted by atomic mass is 9.86. The highest BCUT2D eigenvalue weighted by Gasteiger charge is 2.30. The Morgan fingerprint density at radius 1 is 1.27 bits per heavy atom. The number of hydrogen-bond donors (Lipinski definition) is 1. The first-order valence-corrected chi connectivity index (χ1v) is 9.63. The van der Waals surface area contributed by atoms with E-state index in [1.165, 1.54) is 6.42 Å². The monoisotopic (exact) mass is 358 g/mol. The molecule has 2 atom stereocenters. The molecule has 1 aromatic rings. The highest BCUT2D eigenvalue weighted by atomic mass is 16.5. The van der Waals surface area contributed by atoms with Gasteiger partial charge in [-0.25, -0.2) is 0 Å². The fourth-order valence-corrected chi connectivity index (χ4v) is 3.77. The molecule has 1 N–H and O–H groups in total. The Balaban J connectivity index is 1.77. The van der Waals surface area contributed by atoms with Gasteiger partial charge in [-0.2, -0.15) is 0 Å². The van der Waals surface area contributed by atoms with Crippen molar-refractivity contribution in [3.8, 4) is 5.75 Å². The third-order valence-electron chi connectivity index (χ3n) is 5.53. The molecule has 142 valence electrons. The molecule has 1 saturated carbocycles. The Bertz CT molecular complexity index is 693. The van der Waals surface area contributed by atoms with Crippen molar-refractivity contribution in [2.75, 3.05) is 18.1 Å². The molecule has 1 aliphatic heterocycles. The summed E-state index contributed by atoms with van der Waals surface area (Å²) >= 11 is 0. The molecule has 0 spiro atoms. The molecule has 1 aromatic carbocycles. The zero-order valence-corrected chi connectivity index (χ0v) is 16.3. The van der Waals surface area contributed by atoms with E-state index in [1.54, 1.807) is 4.90 Å². The smallest absolute Gasteiger partial charge is 0.265 e. The normalized spacial score (nSPS) is 23.2. The first-order valence-electron chi connectivity index (χ1n) is 9.63. The van der Waals surface area contributed by atoms with Crippen molar-refractivity contribution in [3.63, 3.8) is 0 Å². The van der Waals surface area contributed by atoms with Crippen molar-refractivity contribution >= 4 is 17.5 Å². The minimum atomic E-state index is -0.171. The van der Waals surface area contributed by atoms with Gasteiger partial charge in [-0.15, -0.1) is 0 Å². The van der Waals surface area contributed by atoms with Crippen molar-refractivity contribution in [2.24, 2.45) is 5.92 Å². The van der Waals surface area contributed by atoms with Gasteiger partial charge in [-0.05, 0) is 41.9 Å². The molecule has 2 amide bonds. The molecule has 0 aromatic heterocycles. The molecular weight excluding hydrogens is 328 g/mol. The Hall–Kier alpha value is -2.04. The van der Waals surface area contributed by atoms with Gasteiger partial charge in [0.25, 0.3) is 5.91 Å². The van der Waals surface area contributed by atoms with Gasteiger partial charge in [-0.1, -0.05) is 46.6 Å². The SMILES string of the molecule is C[C@H]1CCCC[C@H]1NC(=O)CN1C(=O)COc2ccc(C(C)(C)C)cc21. The second kappa shape index (κ2) is 7.29. The van der Waals surface area contributed by atoms with Crippen LogP contribution in [-0.4, -0.2) is 31.0 Å². The standard InChI is InChI=1S/C21H30N2O3/c1-14-7-5-6-8-16(14)22-19(24)12-23-17-11-15(21(2,3)4)9-10-18(17)26-13-20(23)25/h9-11,14,16H,5-8,12-13H2,1-4H3,(H,22,24)/t14-,16+/m0/s1. The van der Waals surface area contributed by atoms with Crippen LogP contribution in [0.1, 0.15) is 58.9 Å². The van der Waals surface area contributed by atoms with Crippen LogP contribution in [0, 0.1) is 5.92 Å². The van der Waals surface area contributed by atoms with Gasteiger partial charge in [0.2, 0.25) is 5.91 Å². The van der Waals surface area contributed by atoms with Gasteiger partial charge in [0, 0.05) is 6.04 Å². The Kier molecular flexibility index (Phi) is 5.26. The first-order chi connectivity index (χ1) is 12.3. The molecule has 0 unspecified atom stereocenters. The number of ether oxygens (including phenoxy) is 1. The van der Waals surface area contributed by atoms with E-state index in [4.69, 9.17) is 4.74 Å². The molecule has 0 bridgehead atoms. The van der Waals surface area contributed by atoms with Crippen LogP contribution in [0.5, 0.6) is 5.75 Å². The number of carbonyl (C=O) groups is 2. The van der Waals surface area contributed by atoms with E-state index in [0.717, 1.165) is 24.8 Å². The number of carbonyl (C=O) groups excluding carboxylic acids is 2.